The lowest BCUT2D eigenvalue weighted by Gasteiger charge is -2.21. The molecule has 0 spiro atoms. The molecule has 34 heavy (non-hydrogen) atoms. The van der Waals surface area contributed by atoms with Gasteiger partial charge in [0.1, 0.15) is 0 Å². The summed E-state index contributed by atoms with van der Waals surface area (Å²) >= 11 is 0. The van der Waals surface area contributed by atoms with E-state index >= 15 is 0 Å². The van der Waals surface area contributed by atoms with E-state index in [0.717, 1.165) is 66.8 Å². The number of carbonyl (C=O) groups excluding carboxylic acids is 1. The van der Waals surface area contributed by atoms with E-state index in [1.807, 2.05) is 58.1 Å². The van der Waals surface area contributed by atoms with Crippen LogP contribution in [0.25, 0.3) is 5.52 Å². The molecule has 6 nitrogen and oxygen atoms in total. The van der Waals surface area contributed by atoms with E-state index < -0.39 is 0 Å². The highest BCUT2D eigenvalue weighted by Gasteiger charge is 2.22. The van der Waals surface area contributed by atoms with Gasteiger partial charge in [-0.05, 0) is 86.1 Å². The van der Waals surface area contributed by atoms with E-state index in [2.05, 4.69) is 40.7 Å². The minimum absolute atomic E-state index is 0.125. The zero-order valence-corrected chi connectivity index (χ0v) is 19.7. The van der Waals surface area contributed by atoms with Crippen molar-refractivity contribution in [2.24, 2.45) is 5.92 Å². The van der Waals surface area contributed by atoms with Crippen molar-refractivity contribution in [1.29, 1.82) is 0 Å². The van der Waals surface area contributed by atoms with Crippen molar-refractivity contribution in [2.75, 3.05) is 18.4 Å². The van der Waals surface area contributed by atoms with Gasteiger partial charge in [0.15, 0.2) is 0 Å². The largest absolute Gasteiger partial charge is 0.379 e. The normalized spacial score (nSPS) is 16.4. The lowest BCUT2D eigenvalue weighted by Crippen LogP contribution is -2.32. The number of likely N-dealkylation sites (tertiary alicyclic amines) is 1. The summed E-state index contributed by atoms with van der Waals surface area (Å²) in [5.41, 5.74) is 6.26. The molecule has 4 aromatic rings. The van der Waals surface area contributed by atoms with Crippen LogP contribution in [0.4, 0.5) is 5.69 Å². The van der Waals surface area contributed by atoms with Crippen molar-refractivity contribution in [1.82, 2.24) is 19.5 Å². The summed E-state index contributed by atoms with van der Waals surface area (Å²) in [6.45, 7) is 4.32. The topological polar surface area (TPSA) is 62.5 Å². The summed E-state index contributed by atoms with van der Waals surface area (Å²) < 4.78 is 1.94. The highest BCUT2D eigenvalue weighted by atomic mass is 16.2. The van der Waals surface area contributed by atoms with Crippen LogP contribution >= 0.6 is 0 Å². The molecule has 1 saturated heterocycles. The Bertz CT molecular complexity index is 1270. The highest BCUT2D eigenvalue weighted by Crippen LogP contribution is 2.25. The molecule has 1 fully saturated rings. The number of rotatable bonds is 6. The molecular weight excluding hydrogens is 422 g/mol. The van der Waals surface area contributed by atoms with Crippen LogP contribution in [0.15, 0.2) is 73.2 Å². The zero-order valence-electron chi connectivity index (χ0n) is 19.7. The fourth-order valence-electron chi connectivity index (χ4n) is 4.80. The fourth-order valence-corrected chi connectivity index (χ4v) is 4.80. The number of hydrogen-bond donors (Lipinski definition) is 1. The maximum absolute atomic E-state index is 13.3. The Balaban J connectivity index is 1.21. The third kappa shape index (κ3) is 5.11. The number of carbonyl (C=O) groups is 1. The monoisotopic (exact) mass is 453 g/mol. The summed E-state index contributed by atoms with van der Waals surface area (Å²) in [7, 11) is 0. The standard InChI is InChI=1S/C28H31N5O/c1-21-7-9-24(18-27(21)30-19-25-6-2-3-13-29-25)28(34)32-15-4-5-22(12-16-32)17-23-8-10-26-11-14-31-33(26)20-23/h2-3,6-11,13-14,18,20,22,30H,4-5,12,15-17,19H2,1H3/t22-/m1/s1. The van der Waals surface area contributed by atoms with E-state index in [0.29, 0.717) is 12.5 Å². The molecule has 1 aliphatic rings. The summed E-state index contributed by atoms with van der Waals surface area (Å²) in [6.07, 6.45) is 10.0. The van der Waals surface area contributed by atoms with Gasteiger partial charge in [0, 0.05) is 42.9 Å². The smallest absolute Gasteiger partial charge is 0.253 e. The predicted molar refractivity (Wildman–Crippen MR) is 135 cm³/mol. The van der Waals surface area contributed by atoms with Gasteiger partial charge >= 0.3 is 0 Å². The van der Waals surface area contributed by atoms with Crippen LogP contribution in [0.2, 0.25) is 0 Å². The Kier molecular flexibility index (Phi) is 6.56. The molecule has 0 aliphatic carbocycles. The zero-order chi connectivity index (χ0) is 23.3. The summed E-state index contributed by atoms with van der Waals surface area (Å²) in [5.74, 6) is 0.707. The highest BCUT2D eigenvalue weighted by molar-refractivity contribution is 5.95. The number of hydrogen-bond acceptors (Lipinski definition) is 4. The maximum atomic E-state index is 13.3. The lowest BCUT2D eigenvalue weighted by molar-refractivity contribution is 0.0760. The molecular formula is C28H31N5O. The minimum atomic E-state index is 0.125. The van der Waals surface area contributed by atoms with Crippen LogP contribution < -0.4 is 5.32 Å². The molecule has 4 heterocycles. The molecule has 5 rings (SSSR count). The summed E-state index contributed by atoms with van der Waals surface area (Å²) in [5, 5.41) is 7.80. The molecule has 0 radical (unpaired) electrons. The van der Waals surface area contributed by atoms with Crippen LogP contribution in [0.3, 0.4) is 0 Å². The first-order valence-electron chi connectivity index (χ1n) is 12.1. The number of aryl methyl sites for hydroxylation is 1. The third-order valence-corrected chi connectivity index (χ3v) is 6.79. The maximum Gasteiger partial charge on any atom is 0.253 e. The van der Waals surface area contributed by atoms with Crippen molar-refractivity contribution in [3.05, 3.63) is 95.6 Å². The molecule has 174 valence electrons. The van der Waals surface area contributed by atoms with Crippen LogP contribution in [-0.4, -0.2) is 38.5 Å². The van der Waals surface area contributed by atoms with Gasteiger partial charge in [0.25, 0.3) is 5.91 Å². The average molecular weight is 454 g/mol. The second kappa shape index (κ2) is 10.1. The second-order valence-corrected chi connectivity index (χ2v) is 9.24. The van der Waals surface area contributed by atoms with E-state index in [1.54, 1.807) is 6.20 Å². The van der Waals surface area contributed by atoms with Crippen LogP contribution in [0, 0.1) is 12.8 Å². The predicted octanol–water partition coefficient (Wildman–Crippen LogP) is 5.13. The molecule has 1 aromatic carbocycles. The van der Waals surface area contributed by atoms with Gasteiger partial charge in [-0.1, -0.05) is 18.2 Å². The van der Waals surface area contributed by atoms with Crippen LogP contribution in [0.1, 0.15) is 46.4 Å². The van der Waals surface area contributed by atoms with Gasteiger partial charge in [0.2, 0.25) is 0 Å². The molecule has 0 saturated carbocycles. The number of aromatic nitrogens is 3. The molecule has 0 unspecified atom stereocenters. The van der Waals surface area contributed by atoms with Crippen molar-refractivity contribution >= 4 is 17.1 Å². The summed E-state index contributed by atoms with van der Waals surface area (Å²) in [4.78, 5) is 19.7. The number of nitrogens with zero attached hydrogens (tertiary/aromatic N) is 4. The van der Waals surface area contributed by atoms with Gasteiger partial charge in [-0.3, -0.25) is 9.78 Å². The second-order valence-electron chi connectivity index (χ2n) is 9.24. The average Bonchev–Trinajstić information content (AvgIpc) is 3.21. The van der Waals surface area contributed by atoms with Gasteiger partial charge in [-0.15, -0.1) is 0 Å². The van der Waals surface area contributed by atoms with Crippen molar-refractivity contribution in [3.63, 3.8) is 0 Å². The Morgan fingerprint density at radius 3 is 2.88 bits per heavy atom. The molecule has 1 amide bonds. The number of anilines is 1. The molecule has 1 N–H and O–H groups in total. The Morgan fingerprint density at radius 2 is 2.00 bits per heavy atom. The molecule has 3 aromatic heterocycles. The first-order chi connectivity index (χ1) is 16.7. The van der Waals surface area contributed by atoms with Gasteiger partial charge in [-0.2, -0.15) is 5.10 Å². The number of amides is 1. The van der Waals surface area contributed by atoms with Crippen LogP contribution in [0.5, 0.6) is 0 Å². The number of pyridine rings is 2. The third-order valence-electron chi connectivity index (χ3n) is 6.79. The van der Waals surface area contributed by atoms with Crippen molar-refractivity contribution in [3.8, 4) is 0 Å². The number of benzene rings is 1. The summed E-state index contributed by atoms with van der Waals surface area (Å²) in [6, 6.07) is 18.2. The van der Waals surface area contributed by atoms with Gasteiger partial charge < -0.3 is 10.2 Å². The Morgan fingerprint density at radius 1 is 1.06 bits per heavy atom. The fraction of sp³-hybridized carbons (Fsp3) is 0.321. The molecule has 1 aliphatic heterocycles. The van der Waals surface area contributed by atoms with Gasteiger partial charge in [-0.25, -0.2) is 4.52 Å². The van der Waals surface area contributed by atoms with Crippen molar-refractivity contribution in [2.45, 2.75) is 39.2 Å². The van der Waals surface area contributed by atoms with E-state index in [4.69, 9.17) is 0 Å². The Labute approximate surface area is 200 Å². The van der Waals surface area contributed by atoms with E-state index in [9.17, 15) is 4.79 Å². The SMILES string of the molecule is Cc1ccc(C(=O)N2CCC[C@@H](Cc3ccc4ccnn4c3)CC2)cc1NCc1ccccn1. The van der Waals surface area contributed by atoms with E-state index in [1.165, 1.54) is 5.56 Å². The lowest BCUT2D eigenvalue weighted by atomic mass is 9.93. The Hall–Kier alpha value is -3.67. The van der Waals surface area contributed by atoms with E-state index in [-0.39, 0.29) is 5.91 Å². The van der Waals surface area contributed by atoms with Gasteiger partial charge in [0.05, 0.1) is 17.8 Å². The quantitative estimate of drug-likeness (QED) is 0.439. The number of nitrogens with one attached hydrogen (secondary N) is 1. The first kappa shape index (κ1) is 22.1. The molecule has 0 bridgehead atoms. The minimum Gasteiger partial charge on any atom is -0.379 e. The molecule has 1 atom stereocenters. The number of fused-ring (bicyclic) bond motifs is 1. The first-order valence-corrected chi connectivity index (χ1v) is 12.1. The van der Waals surface area contributed by atoms with Crippen molar-refractivity contribution < 1.29 is 4.79 Å². The van der Waals surface area contributed by atoms with Crippen LogP contribution in [-0.2, 0) is 13.0 Å². The molecule has 6 heteroatoms.